The van der Waals surface area contributed by atoms with Gasteiger partial charge >= 0.3 is 0 Å². The molecule has 1 saturated carbocycles. The third-order valence-corrected chi connectivity index (χ3v) is 5.52. The van der Waals surface area contributed by atoms with Crippen molar-refractivity contribution in [3.63, 3.8) is 0 Å². The van der Waals surface area contributed by atoms with Gasteiger partial charge in [0.1, 0.15) is 17.2 Å². The van der Waals surface area contributed by atoms with Gasteiger partial charge in [-0.05, 0) is 61.6 Å². The molecule has 4 rings (SSSR count). The number of benzene rings is 2. The SMILES string of the molecule is CC1(c2cc(C=Cc3ccc(F)cc3)ccc2F)CC2(CCC2)OC(N)=N1. The Balaban J connectivity index is 1.66. The largest absolute Gasteiger partial charge is 0.459 e. The lowest BCUT2D eigenvalue weighted by Crippen LogP contribution is -2.52. The zero-order valence-corrected chi connectivity index (χ0v) is 15.2. The fourth-order valence-electron chi connectivity index (χ4n) is 4.02. The highest BCUT2D eigenvalue weighted by molar-refractivity contribution is 5.74. The van der Waals surface area contributed by atoms with Crippen LogP contribution in [-0.2, 0) is 10.3 Å². The minimum atomic E-state index is -0.757. The van der Waals surface area contributed by atoms with Gasteiger partial charge in [-0.3, -0.25) is 0 Å². The van der Waals surface area contributed by atoms with E-state index in [-0.39, 0.29) is 23.3 Å². The van der Waals surface area contributed by atoms with Gasteiger partial charge in [-0.25, -0.2) is 13.8 Å². The molecule has 0 aromatic heterocycles. The Bertz CT molecular complexity index is 916. The predicted molar refractivity (Wildman–Crippen MR) is 103 cm³/mol. The molecule has 1 aliphatic heterocycles. The summed E-state index contributed by atoms with van der Waals surface area (Å²) >= 11 is 0. The average Bonchev–Trinajstić information content (AvgIpc) is 2.60. The van der Waals surface area contributed by atoms with Gasteiger partial charge in [-0.15, -0.1) is 0 Å². The number of aliphatic imine (C=N–C) groups is 1. The molecule has 1 aliphatic carbocycles. The summed E-state index contributed by atoms with van der Waals surface area (Å²) in [6.07, 6.45) is 7.29. The summed E-state index contributed by atoms with van der Waals surface area (Å²) < 4.78 is 33.5. The third kappa shape index (κ3) is 3.46. The van der Waals surface area contributed by atoms with E-state index < -0.39 is 5.54 Å². The van der Waals surface area contributed by atoms with Crippen molar-refractivity contribution in [3.05, 3.63) is 70.8 Å². The molecule has 27 heavy (non-hydrogen) atoms. The smallest absolute Gasteiger partial charge is 0.283 e. The molecule has 1 atom stereocenters. The summed E-state index contributed by atoms with van der Waals surface area (Å²) in [6, 6.07) is 11.3. The van der Waals surface area contributed by atoms with Crippen LogP contribution in [0.1, 0.15) is 49.3 Å². The van der Waals surface area contributed by atoms with Crippen LogP contribution in [0.25, 0.3) is 12.2 Å². The van der Waals surface area contributed by atoms with Gasteiger partial charge in [-0.2, -0.15) is 0 Å². The van der Waals surface area contributed by atoms with Crippen molar-refractivity contribution in [2.24, 2.45) is 10.7 Å². The summed E-state index contributed by atoms with van der Waals surface area (Å²) in [5.74, 6) is -0.576. The molecule has 0 radical (unpaired) electrons. The van der Waals surface area contributed by atoms with Crippen LogP contribution >= 0.6 is 0 Å². The molecule has 1 fully saturated rings. The second-order valence-corrected chi connectivity index (χ2v) is 7.66. The molecule has 140 valence electrons. The molecule has 1 spiro atoms. The highest BCUT2D eigenvalue weighted by atomic mass is 19.1. The summed E-state index contributed by atoms with van der Waals surface area (Å²) in [6.45, 7) is 1.91. The molecule has 0 saturated heterocycles. The van der Waals surface area contributed by atoms with Crippen LogP contribution in [-0.4, -0.2) is 11.6 Å². The van der Waals surface area contributed by atoms with Gasteiger partial charge in [0.2, 0.25) is 0 Å². The van der Waals surface area contributed by atoms with Gasteiger partial charge in [0.05, 0.1) is 5.54 Å². The molecule has 2 aromatic rings. The van der Waals surface area contributed by atoms with Crippen molar-refractivity contribution in [1.82, 2.24) is 0 Å². The van der Waals surface area contributed by atoms with Crippen LogP contribution < -0.4 is 5.73 Å². The highest BCUT2D eigenvalue weighted by Crippen LogP contribution is 2.49. The number of ether oxygens (including phenoxy) is 1. The van der Waals surface area contributed by atoms with E-state index in [1.54, 1.807) is 18.2 Å². The monoisotopic (exact) mass is 368 g/mol. The predicted octanol–water partition coefficient (Wildman–Crippen LogP) is 5.01. The van der Waals surface area contributed by atoms with E-state index in [2.05, 4.69) is 4.99 Å². The molecular formula is C22H22F2N2O. The van der Waals surface area contributed by atoms with Crippen LogP contribution in [0.4, 0.5) is 8.78 Å². The second kappa shape index (κ2) is 6.48. The minimum absolute atomic E-state index is 0.134. The van der Waals surface area contributed by atoms with Crippen molar-refractivity contribution in [2.75, 3.05) is 0 Å². The number of hydrogen-bond donors (Lipinski definition) is 1. The highest BCUT2D eigenvalue weighted by Gasteiger charge is 2.50. The first-order valence-corrected chi connectivity index (χ1v) is 9.16. The molecule has 0 amide bonds. The minimum Gasteiger partial charge on any atom is -0.459 e. The fourth-order valence-corrected chi connectivity index (χ4v) is 4.02. The quantitative estimate of drug-likeness (QED) is 0.775. The van der Waals surface area contributed by atoms with Crippen molar-refractivity contribution in [3.8, 4) is 0 Å². The van der Waals surface area contributed by atoms with E-state index >= 15 is 0 Å². The lowest BCUT2D eigenvalue weighted by molar-refractivity contribution is -0.0583. The van der Waals surface area contributed by atoms with E-state index in [0.29, 0.717) is 12.0 Å². The zero-order valence-electron chi connectivity index (χ0n) is 15.2. The Kier molecular flexibility index (Phi) is 4.25. The number of amidine groups is 1. The van der Waals surface area contributed by atoms with Gasteiger partial charge in [0.25, 0.3) is 6.02 Å². The van der Waals surface area contributed by atoms with Crippen molar-refractivity contribution in [1.29, 1.82) is 0 Å². The Morgan fingerprint density at radius 2 is 1.70 bits per heavy atom. The number of hydrogen-bond acceptors (Lipinski definition) is 3. The summed E-state index contributed by atoms with van der Waals surface area (Å²) in [5.41, 5.74) is 7.09. The van der Waals surface area contributed by atoms with E-state index in [9.17, 15) is 8.78 Å². The molecular weight excluding hydrogens is 346 g/mol. The molecule has 5 heteroatoms. The van der Waals surface area contributed by atoms with Gasteiger partial charge in [-0.1, -0.05) is 30.4 Å². The van der Waals surface area contributed by atoms with E-state index in [0.717, 1.165) is 30.4 Å². The number of nitrogens with zero attached hydrogens (tertiary/aromatic N) is 1. The maximum absolute atomic E-state index is 14.7. The lowest BCUT2D eigenvalue weighted by Gasteiger charge is -2.48. The van der Waals surface area contributed by atoms with Gasteiger partial charge in [0, 0.05) is 12.0 Å². The normalized spacial score (nSPS) is 23.7. The molecule has 3 nitrogen and oxygen atoms in total. The van der Waals surface area contributed by atoms with Crippen molar-refractivity contribution >= 4 is 18.2 Å². The maximum Gasteiger partial charge on any atom is 0.283 e. The number of rotatable bonds is 3. The first kappa shape index (κ1) is 17.7. The van der Waals surface area contributed by atoms with E-state index in [4.69, 9.17) is 10.5 Å². The standard InChI is InChI=1S/C22H22F2N2O/c1-21(14-22(11-2-12-22)27-20(25)26-21)18-13-16(7-10-19(18)24)4-3-15-5-8-17(23)9-6-15/h3-10,13H,2,11-12,14H2,1H3,(H2,25,26). The Morgan fingerprint density at radius 3 is 2.37 bits per heavy atom. The Labute approximate surface area is 157 Å². The maximum atomic E-state index is 14.7. The molecule has 1 heterocycles. The molecule has 2 N–H and O–H groups in total. The average molecular weight is 368 g/mol. The number of halogens is 2. The summed E-state index contributed by atoms with van der Waals surface area (Å²) in [4.78, 5) is 4.46. The molecule has 1 unspecified atom stereocenters. The molecule has 0 bridgehead atoms. The second-order valence-electron chi connectivity index (χ2n) is 7.66. The topological polar surface area (TPSA) is 47.6 Å². The third-order valence-electron chi connectivity index (χ3n) is 5.52. The fraction of sp³-hybridized carbons (Fsp3) is 0.318. The lowest BCUT2D eigenvalue weighted by atomic mass is 9.69. The first-order chi connectivity index (χ1) is 12.9. The van der Waals surface area contributed by atoms with Crippen molar-refractivity contribution < 1.29 is 13.5 Å². The summed E-state index contributed by atoms with van der Waals surface area (Å²) in [5, 5.41) is 0. The van der Waals surface area contributed by atoms with Crippen LogP contribution in [0, 0.1) is 11.6 Å². The molecule has 2 aromatic carbocycles. The van der Waals surface area contributed by atoms with Crippen LogP contribution in [0.2, 0.25) is 0 Å². The zero-order chi connectivity index (χ0) is 19.1. The Morgan fingerprint density at radius 1 is 1.04 bits per heavy atom. The first-order valence-electron chi connectivity index (χ1n) is 9.16. The van der Waals surface area contributed by atoms with Crippen LogP contribution in [0.3, 0.4) is 0 Å². The van der Waals surface area contributed by atoms with E-state index in [1.165, 1.54) is 18.2 Å². The van der Waals surface area contributed by atoms with Crippen LogP contribution in [0.5, 0.6) is 0 Å². The van der Waals surface area contributed by atoms with Crippen molar-refractivity contribution in [2.45, 2.75) is 43.7 Å². The Hall–Kier alpha value is -2.69. The number of nitrogens with two attached hydrogens (primary N) is 1. The van der Waals surface area contributed by atoms with Gasteiger partial charge in [0.15, 0.2) is 0 Å². The molecule has 2 aliphatic rings. The van der Waals surface area contributed by atoms with E-state index in [1.807, 2.05) is 25.1 Å². The summed E-state index contributed by atoms with van der Waals surface area (Å²) in [7, 11) is 0. The van der Waals surface area contributed by atoms with Crippen LogP contribution in [0.15, 0.2) is 47.5 Å². The van der Waals surface area contributed by atoms with Gasteiger partial charge < -0.3 is 10.5 Å².